The molecule has 5 heteroatoms. The Labute approximate surface area is 153 Å². The van der Waals surface area contributed by atoms with Gasteiger partial charge in [-0.3, -0.25) is 0 Å². The van der Waals surface area contributed by atoms with Gasteiger partial charge in [0.05, 0.1) is 12.2 Å². The summed E-state index contributed by atoms with van der Waals surface area (Å²) in [7, 11) is 0. The highest BCUT2D eigenvalue weighted by atomic mass is 16.2. The number of aromatic nitrogens is 3. The molecule has 0 amide bonds. The van der Waals surface area contributed by atoms with Crippen LogP contribution in [0.3, 0.4) is 0 Å². The Morgan fingerprint density at radius 2 is 2.00 bits per heavy atom. The number of nitrogens with one attached hydrogen (secondary N) is 1. The van der Waals surface area contributed by atoms with E-state index in [0.29, 0.717) is 6.54 Å². The van der Waals surface area contributed by atoms with Crippen molar-refractivity contribution in [3.8, 4) is 5.69 Å². The molecule has 4 rings (SSSR count). The van der Waals surface area contributed by atoms with Crippen LogP contribution in [0.4, 0.5) is 0 Å². The van der Waals surface area contributed by atoms with Crippen molar-refractivity contribution in [2.45, 2.75) is 32.2 Å². The van der Waals surface area contributed by atoms with Gasteiger partial charge in [0.1, 0.15) is 5.82 Å². The fraction of sp³-hybridized carbons (Fsp3) is 0.333. The molecule has 2 aromatic carbocycles. The van der Waals surface area contributed by atoms with Crippen molar-refractivity contribution in [2.75, 3.05) is 13.1 Å². The molecule has 1 fully saturated rings. The lowest BCUT2D eigenvalue weighted by Crippen LogP contribution is -2.31. The average molecular weight is 348 g/mol. The first-order valence-electron chi connectivity index (χ1n) is 9.24. The van der Waals surface area contributed by atoms with Gasteiger partial charge in [-0.2, -0.15) is 5.10 Å². The molecule has 1 saturated heterocycles. The molecule has 0 bridgehead atoms. The summed E-state index contributed by atoms with van der Waals surface area (Å²) in [6.07, 6.45) is 2.17. The monoisotopic (exact) mass is 348 g/mol. The molecule has 26 heavy (non-hydrogen) atoms. The maximum Gasteiger partial charge on any atom is 0.350 e. The van der Waals surface area contributed by atoms with Crippen LogP contribution in [-0.4, -0.2) is 27.4 Å². The number of piperidine rings is 1. The molecule has 0 unspecified atom stereocenters. The second kappa shape index (κ2) is 7.30. The summed E-state index contributed by atoms with van der Waals surface area (Å²) in [5.41, 5.74) is 3.10. The van der Waals surface area contributed by atoms with E-state index in [9.17, 15) is 4.79 Å². The number of nitrogens with zero attached hydrogens (tertiary/aromatic N) is 3. The largest absolute Gasteiger partial charge is 0.350 e. The van der Waals surface area contributed by atoms with E-state index in [1.54, 1.807) is 9.25 Å². The van der Waals surface area contributed by atoms with Gasteiger partial charge in [0.2, 0.25) is 0 Å². The third kappa shape index (κ3) is 3.35. The number of rotatable bonds is 4. The molecule has 2 heterocycles. The highest BCUT2D eigenvalue weighted by Crippen LogP contribution is 2.23. The summed E-state index contributed by atoms with van der Waals surface area (Å²) in [5.74, 6) is 1.12. The lowest BCUT2D eigenvalue weighted by atomic mass is 9.99. The fourth-order valence-corrected chi connectivity index (χ4v) is 3.67. The maximum atomic E-state index is 13.2. The highest BCUT2D eigenvalue weighted by molar-refractivity contribution is 5.33. The fourth-order valence-electron chi connectivity index (χ4n) is 3.67. The van der Waals surface area contributed by atoms with Crippen LogP contribution >= 0.6 is 0 Å². The van der Waals surface area contributed by atoms with Crippen LogP contribution in [0.1, 0.15) is 35.7 Å². The van der Waals surface area contributed by atoms with E-state index in [4.69, 9.17) is 5.10 Å². The molecule has 1 aromatic heterocycles. The molecule has 3 aromatic rings. The van der Waals surface area contributed by atoms with Gasteiger partial charge in [-0.1, -0.05) is 48.0 Å². The van der Waals surface area contributed by atoms with E-state index in [0.717, 1.165) is 43.0 Å². The standard InChI is InChI=1S/C21H24N4O/c1-16-7-5-8-17(13-16)15-24-21(26)25(19-10-3-2-4-11-19)20(23-24)18-9-6-12-22-14-18/h2-5,7-8,10-11,13,18,22H,6,9,12,14-15H2,1H3/t18-/m1/s1. The first-order chi connectivity index (χ1) is 12.7. The zero-order valence-corrected chi connectivity index (χ0v) is 15.1. The van der Waals surface area contributed by atoms with Crippen molar-refractivity contribution in [3.05, 3.63) is 82.0 Å². The molecule has 1 N–H and O–H groups in total. The Balaban J connectivity index is 1.78. The first kappa shape index (κ1) is 16.8. The second-order valence-corrected chi connectivity index (χ2v) is 7.00. The van der Waals surface area contributed by atoms with Crippen LogP contribution in [0.5, 0.6) is 0 Å². The van der Waals surface area contributed by atoms with Crippen LogP contribution in [-0.2, 0) is 6.54 Å². The number of aryl methyl sites for hydroxylation is 1. The van der Waals surface area contributed by atoms with Crippen LogP contribution in [0.25, 0.3) is 5.69 Å². The third-order valence-electron chi connectivity index (χ3n) is 4.96. The highest BCUT2D eigenvalue weighted by Gasteiger charge is 2.24. The number of para-hydroxylation sites is 1. The predicted molar refractivity (Wildman–Crippen MR) is 103 cm³/mol. The van der Waals surface area contributed by atoms with Gasteiger partial charge in [-0.25, -0.2) is 14.0 Å². The van der Waals surface area contributed by atoms with Gasteiger partial charge in [0.25, 0.3) is 0 Å². The van der Waals surface area contributed by atoms with E-state index < -0.39 is 0 Å². The molecular weight excluding hydrogens is 324 g/mol. The Kier molecular flexibility index (Phi) is 4.71. The molecule has 1 aliphatic rings. The molecule has 0 saturated carbocycles. The van der Waals surface area contributed by atoms with Crippen molar-refractivity contribution < 1.29 is 0 Å². The van der Waals surface area contributed by atoms with Crippen LogP contribution in [0.15, 0.2) is 59.4 Å². The van der Waals surface area contributed by atoms with Crippen molar-refractivity contribution in [1.82, 2.24) is 19.7 Å². The van der Waals surface area contributed by atoms with Crippen LogP contribution in [0.2, 0.25) is 0 Å². The summed E-state index contributed by atoms with van der Waals surface area (Å²) in [4.78, 5) is 13.2. The Morgan fingerprint density at radius 3 is 2.73 bits per heavy atom. The molecule has 0 aliphatic carbocycles. The lowest BCUT2D eigenvalue weighted by molar-refractivity contribution is 0.439. The van der Waals surface area contributed by atoms with E-state index in [-0.39, 0.29) is 11.6 Å². The first-order valence-corrected chi connectivity index (χ1v) is 9.24. The minimum atomic E-state index is -0.0710. The summed E-state index contributed by atoms with van der Waals surface area (Å²) in [5, 5.41) is 8.20. The van der Waals surface area contributed by atoms with E-state index in [1.807, 2.05) is 42.5 Å². The molecule has 5 nitrogen and oxygen atoms in total. The smallest absolute Gasteiger partial charge is 0.316 e. The van der Waals surface area contributed by atoms with Crippen molar-refractivity contribution in [2.24, 2.45) is 0 Å². The van der Waals surface area contributed by atoms with Gasteiger partial charge in [0.15, 0.2) is 0 Å². The molecule has 134 valence electrons. The number of benzene rings is 2. The molecule has 0 radical (unpaired) electrons. The molecule has 1 aliphatic heterocycles. The van der Waals surface area contributed by atoms with Crippen molar-refractivity contribution in [1.29, 1.82) is 0 Å². The van der Waals surface area contributed by atoms with Gasteiger partial charge < -0.3 is 5.32 Å². The van der Waals surface area contributed by atoms with E-state index >= 15 is 0 Å². The third-order valence-corrected chi connectivity index (χ3v) is 4.96. The summed E-state index contributed by atoms with van der Waals surface area (Å²) >= 11 is 0. The molecule has 1 atom stereocenters. The minimum Gasteiger partial charge on any atom is -0.316 e. The van der Waals surface area contributed by atoms with Gasteiger partial charge in [-0.15, -0.1) is 0 Å². The number of hydrogen-bond acceptors (Lipinski definition) is 3. The lowest BCUT2D eigenvalue weighted by Gasteiger charge is -2.22. The van der Waals surface area contributed by atoms with Crippen LogP contribution < -0.4 is 11.0 Å². The topological polar surface area (TPSA) is 51.9 Å². The average Bonchev–Trinajstić information content (AvgIpc) is 2.99. The normalized spacial score (nSPS) is 17.3. The zero-order chi connectivity index (χ0) is 17.9. The minimum absolute atomic E-state index is 0.0710. The van der Waals surface area contributed by atoms with E-state index in [2.05, 4.69) is 24.4 Å². The summed E-state index contributed by atoms with van der Waals surface area (Å²) < 4.78 is 3.39. The van der Waals surface area contributed by atoms with Crippen LogP contribution in [0, 0.1) is 6.92 Å². The second-order valence-electron chi connectivity index (χ2n) is 7.00. The SMILES string of the molecule is Cc1cccc(Cn2nc([C@@H]3CCCNC3)n(-c3ccccc3)c2=O)c1. The van der Waals surface area contributed by atoms with Crippen molar-refractivity contribution >= 4 is 0 Å². The Hall–Kier alpha value is -2.66. The Bertz CT molecular complexity index is 936. The predicted octanol–water partition coefficient (Wildman–Crippen LogP) is 2.86. The van der Waals surface area contributed by atoms with E-state index in [1.165, 1.54) is 5.56 Å². The molecule has 0 spiro atoms. The number of hydrogen-bond donors (Lipinski definition) is 1. The maximum absolute atomic E-state index is 13.2. The van der Waals surface area contributed by atoms with Gasteiger partial charge >= 0.3 is 5.69 Å². The summed E-state index contributed by atoms with van der Waals surface area (Å²) in [6, 6.07) is 18.1. The van der Waals surface area contributed by atoms with Gasteiger partial charge in [-0.05, 0) is 44.0 Å². The summed E-state index contributed by atoms with van der Waals surface area (Å²) in [6.45, 7) is 4.46. The van der Waals surface area contributed by atoms with Gasteiger partial charge in [0, 0.05) is 12.5 Å². The molecular formula is C21H24N4O. The van der Waals surface area contributed by atoms with Crippen molar-refractivity contribution in [3.63, 3.8) is 0 Å². The zero-order valence-electron chi connectivity index (χ0n) is 15.1. The Morgan fingerprint density at radius 1 is 1.15 bits per heavy atom. The quantitative estimate of drug-likeness (QED) is 0.789.